The molecular formula is C21H26N4O4. The van der Waals surface area contributed by atoms with Gasteiger partial charge in [-0.3, -0.25) is 4.79 Å². The maximum atomic E-state index is 11.3. The van der Waals surface area contributed by atoms with E-state index in [1.807, 2.05) is 30.3 Å². The Morgan fingerprint density at radius 1 is 1.03 bits per heavy atom. The van der Waals surface area contributed by atoms with Crippen LogP contribution in [0.15, 0.2) is 30.3 Å². The molecule has 2 saturated heterocycles. The highest BCUT2D eigenvalue weighted by atomic mass is 16.5. The van der Waals surface area contributed by atoms with Crippen LogP contribution in [0.5, 0.6) is 0 Å². The summed E-state index contributed by atoms with van der Waals surface area (Å²) in [4.78, 5) is 25.2. The van der Waals surface area contributed by atoms with Gasteiger partial charge in [-0.2, -0.15) is 0 Å². The van der Waals surface area contributed by atoms with Crippen molar-refractivity contribution in [2.45, 2.75) is 19.4 Å². The summed E-state index contributed by atoms with van der Waals surface area (Å²) in [5.74, 6) is 1.27. The quantitative estimate of drug-likeness (QED) is 0.786. The van der Waals surface area contributed by atoms with E-state index < -0.39 is 5.97 Å². The number of benzene rings is 1. The van der Waals surface area contributed by atoms with Crippen molar-refractivity contribution in [1.82, 2.24) is 9.97 Å². The smallest absolute Gasteiger partial charge is 0.306 e. The molecule has 1 aromatic carbocycles. The number of hydrogen-bond acceptors (Lipinski definition) is 7. The molecule has 0 unspecified atom stereocenters. The van der Waals surface area contributed by atoms with Crippen molar-refractivity contribution in [3.8, 4) is 11.4 Å². The van der Waals surface area contributed by atoms with E-state index in [2.05, 4.69) is 9.80 Å². The largest absolute Gasteiger partial charge is 0.481 e. The molecule has 2 aliphatic heterocycles. The zero-order valence-corrected chi connectivity index (χ0v) is 16.3. The minimum Gasteiger partial charge on any atom is -0.481 e. The van der Waals surface area contributed by atoms with Gasteiger partial charge in [0.15, 0.2) is 5.82 Å². The number of morpholine rings is 1. The molecule has 0 radical (unpaired) electrons. The van der Waals surface area contributed by atoms with E-state index in [4.69, 9.17) is 14.7 Å². The number of ether oxygens (including phenoxy) is 1. The maximum absolute atomic E-state index is 11.3. The lowest BCUT2D eigenvalue weighted by atomic mass is 9.97. The number of aromatic nitrogens is 2. The third-order valence-corrected chi connectivity index (χ3v) is 5.57. The van der Waals surface area contributed by atoms with E-state index in [0.717, 1.165) is 35.9 Å². The summed E-state index contributed by atoms with van der Waals surface area (Å²) in [6.07, 6.45) is 1.23. The van der Waals surface area contributed by atoms with Gasteiger partial charge in [0.2, 0.25) is 0 Å². The lowest BCUT2D eigenvalue weighted by Gasteiger charge is -2.33. The molecule has 0 aliphatic carbocycles. The Kier molecular flexibility index (Phi) is 5.92. The summed E-state index contributed by atoms with van der Waals surface area (Å²) >= 11 is 0. The number of aliphatic hydroxyl groups excluding tert-OH is 1. The van der Waals surface area contributed by atoms with Crippen molar-refractivity contribution in [3.05, 3.63) is 35.9 Å². The first kappa shape index (κ1) is 19.6. The van der Waals surface area contributed by atoms with Gasteiger partial charge in [-0.05, 0) is 24.5 Å². The van der Waals surface area contributed by atoms with Crippen LogP contribution in [0.1, 0.15) is 18.4 Å². The first-order valence-corrected chi connectivity index (χ1v) is 10.0. The van der Waals surface area contributed by atoms with Gasteiger partial charge in [0, 0.05) is 37.8 Å². The molecule has 0 spiro atoms. The Bertz CT molecular complexity index is 862. The summed E-state index contributed by atoms with van der Waals surface area (Å²) in [7, 11) is 0. The standard InChI is InChI=1S/C21H26N4O4/c26-14-15-2-1-3-17(12-15)20-22-18(24-6-4-16(5-7-24)21(27)28)13-19(23-20)25-8-10-29-11-9-25/h1-3,12-13,16,26H,4-11,14H2,(H,27,28). The molecule has 3 heterocycles. The first-order valence-electron chi connectivity index (χ1n) is 10.0. The molecule has 2 aromatic rings. The summed E-state index contributed by atoms with van der Waals surface area (Å²) < 4.78 is 5.47. The Hall–Kier alpha value is -2.71. The first-order chi connectivity index (χ1) is 14.1. The van der Waals surface area contributed by atoms with E-state index in [1.54, 1.807) is 0 Å². The van der Waals surface area contributed by atoms with Crippen molar-refractivity contribution < 1.29 is 19.7 Å². The fourth-order valence-corrected chi connectivity index (χ4v) is 3.83. The van der Waals surface area contributed by atoms with Crippen molar-refractivity contribution in [2.75, 3.05) is 49.2 Å². The molecule has 8 nitrogen and oxygen atoms in total. The number of nitrogens with zero attached hydrogens (tertiary/aromatic N) is 4. The molecule has 0 saturated carbocycles. The van der Waals surface area contributed by atoms with Crippen LogP contribution in [0.3, 0.4) is 0 Å². The molecule has 1 aromatic heterocycles. The maximum Gasteiger partial charge on any atom is 0.306 e. The highest BCUT2D eigenvalue weighted by Gasteiger charge is 2.26. The van der Waals surface area contributed by atoms with Crippen molar-refractivity contribution in [1.29, 1.82) is 0 Å². The van der Waals surface area contributed by atoms with Crippen molar-refractivity contribution in [2.24, 2.45) is 5.92 Å². The predicted octanol–water partition coefficient (Wildman–Crippen LogP) is 1.77. The average Bonchev–Trinajstić information content (AvgIpc) is 2.79. The van der Waals surface area contributed by atoms with Gasteiger partial charge in [-0.15, -0.1) is 0 Å². The van der Waals surface area contributed by atoms with Crippen LogP contribution in [-0.2, 0) is 16.1 Å². The van der Waals surface area contributed by atoms with Crippen LogP contribution in [0.2, 0.25) is 0 Å². The summed E-state index contributed by atoms with van der Waals surface area (Å²) in [6, 6.07) is 9.60. The molecule has 4 rings (SSSR count). The second-order valence-corrected chi connectivity index (χ2v) is 7.47. The van der Waals surface area contributed by atoms with Crippen LogP contribution in [0.25, 0.3) is 11.4 Å². The fourth-order valence-electron chi connectivity index (χ4n) is 3.83. The van der Waals surface area contributed by atoms with E-state index in [9.17, 15) is 15.0 Å². The van der Waals surface area contributed by atoms with E-state index in [1.165, 1.54) is 0 Å². The van der Waals surface area contributed by atoms with Crippen LogP contribution >= 0.6 is 0 Å². The number of carboxylic acids is 1. The molecule has 0 bridgehead atoms. The number of aliphatic carboxylic acids is 1. The minimum atomic E-state index is -0.720. The average molecular weight is 398 g/mol. The van der Waals surface area contributed by atoms with E-state index >= 15 is 0 Å². The topological polar surface area (TPSA) is 99.0 Å². The van der Waals surface area contributed by atoms with Gasteiger partial charge >= 0.3 is 5.97 Å². The highest BCUT2D eigenvalue weighted by molar-refractivity contribution is 5.70. The molecule has 2 fully saturated rings. The number of rotatable bonds is 5. The molecule has 8 heteroatoms. The molecule has 154 valence electrons. The summed E-state index contributed by atoms with van der Waals surface area (Å²) in [6.45, 7) is 4.16. The number of anilines is 2. The summed E-state index contributed by atoms with van der Waals surface area (Å²) in [5.41, 5.74) is 1.67. The van der Waals surface area contributed by atoms with Gasteiger partial charge < -0.3 is 24.7 Å². The SMILES string of the molecule is O=C(O)C1CCN(c2cc(N3CCOCC3)nc(-c3cccc(CO)c3)n2)CC1. The van der Waals surface area contributed by atoms with Crippen molar-refractivity contribution >= 4 is 17.6 Å². The van der Waals surface area contributed by atoms with Crippen LogP contribution in [0, 0.1) is 5.92 Å². The van der Waals surface area contributed by atoms with Crippen LogP contribution in [0.4, 0.5) is 11.6 Å². The third-order valence-electron chi connectivity index (χ3n) is 5.57. The highest BCUT2D eigenvalue weighted by Crippen LogP contribution is 2.28. The van der Waals surface area contributed by atoms with E-state index in [0.29, 0.717) is 45.0 Å². The Morgan fingerprint density at radius 2 is 1.69 bits per heavy atom. The fraction of sp³-hybridized carbons (Fsp3) is 0.476. The van der Waals surface area contributed by atoms with Gasteiger partial charge in [-0.1, -0.05) is 18.2 Å². The third kappa shape index (κ3) is 4.49. The lowest BCUT2D eigenvalue weighted by Crippen LogP contribution is -2.38. The van der Waals surface area contributed by atoms with Gasteiger partial charge in [-0.25, -0.2) is 9.97 Å². The second kappa shape index (κ2) is 8.75. The number of hydrogen-bond donors (Lipinski definition) is 2. The van der Waals surface area contributed by atoms with Crippen LogP contribution in [-0.4, -0.2) is 65.5 Å². The molecule has 0 atom stereocenters. The Labute approximate surface area is 169 Å². The molecule has 2 aliphatic rings. The van der Waals surface area contributed by atoms with Gasteiger partial charge in [0.05, 0.1) is 25.7 Å². The normalized spacial score (nSPS) is 18.1. The minimum absolute atomic E-state index is 0.0352. The molecular weight excluding hydrogens is 372 g/mol. The van der Waals surface area contributed by atoms with Crippen LogP contribution < -0.4 is 9.80 Å². The zero-order chi connectivity index (χ0) is 20.2. The van der Waals surface area contributed by atoms with Crippen molar-refractivity contribution in [3.63, 3.8) is 0 Å². The molecule has 29 heavy (non-hydrogen) atoms. The second-order valence-electron chi connectivity index (χ2n) is 7.47. The number of piperidine rings is 1. The predicted molar refractivity (Wildman–Crippen MR) is 109 cm³/mol. The summed E-state index contributed by atoms with van der Waals surface area (Å²) in [5, 5.41) is 18.7. The number of carbonyl (C=O) groups is 1. The molecule has 0 amide bonds. The lowest BCUT2D eigenvalue weighted by molar-refractivity contribution is -0.142. The monoisotopic (exact) mass is 398 g/mol. The van der Waals surface area contributed by atoms with Gasteiger partial charge in [0.1, 0.15) is 11.6 Å². The number of carboxylic acid groups (broad SMARTS) is 1. The molecule has 2 N–H and O–H groups in total. The Morgan fingerprint density at radius 3 is 2.31 bits per heavy atom. The zero-order valence-electron chi connectivity index (χ0n) is 16.3. The van der Waals surface area contributed by atoms with Gasteiger partial charge in [0.25, 0.3) is 0 Å². The number of aliphatic hydroxyl groups is 1. The van der Waals surface area contributed by atoms with E-state index in [-0.39, 0.29) is 12.5 Å². The Balaban J connectivity index is 1.67.